The summed E-state index contributed by atoms with van der Waals surface area (Å²) < 4.78 is 1.19. The van der Waals surface area contributed by atoms with Crippen LogP contribution in [0.2, 0.25) is 0 Å². The van der Waals surface area contributed by atoms with Gasteiger partial charge in [0.1, 0.15) is 6.54 Å². The van der Waals surface area contributed by atoms with Gasteiger partial charge in [0.2, 0.25) is 5.91 Å². The Morgan fingerprint density at radius 1 is 1.40 bits per heavy atom. The lowest BCUT2D eigenvalue weighted by atomic mass is 10.4. The zero-order chi connectivity index (χ0) is 15.1. The number of carboxylic acid groups (broad SMARTS) is 1. The van der Waals surface area contributed by atoms with E-state index in [-0.39, 0.29) is 25.4 Å². The van der Waals surface area contributed by atoms with E-state index in [2.05, 4.69) is 15.7 Å². The van der Waals surface area contributed by atoms with Crippen LogP contribution in [0.3, 0.4) is 0 Å². The second-order valence-electron chi connectivity index (χ2n) is 4.24. The maximum atomic E-state index is 11.5. The Kier molecular flexibility index (Phi) is 5.51. The van der Waals surface area contributed by atoms with E-state index in [1.165, 1.54) is 22.0 Å². The van der Waals surface area contributed by atoms with Crippen molar-refractivity contribution < 1.29 is 19.5 Å². The van der Waals surface area contributed by atoms with E-state index in [4.69, 9.17) is 5.11 Å². The maximum Gasteiger partial charge on any atom is 0.325 e. The summed E-state index contributed by atoms with van der Waals surface area (Å²) in [6.45, 7) is -0.0628. The highest BCUT2D eigenvalue weighted by molar-refractivity contribution is 5.89. The highest BCUT2D eigenvalue weighted by Gasteiger charge is 2.07. The molecule has 9 heteroatoms. The standard InChI is InChI=1S/C11H17N5O4/c1-15(2)9(17)3-4-12-11(20)14-8-5-13-16(6-8)7-10(18)19/h5-6H,3-4,7H2,1-2H3,(H,18,19)(H2,12,14,20). The molecule has 0 saturated heterocycles. The number of rotatable bonds is 6. The average molecular weight is 283 g/mol. The largest absolute Gasteiger partial charge is 0.480 e. The summed E-state index contributed by atoms with van der Waals surface area (Å²) >= 11 is 0. The molecular formula is C11H17N5O4. The molecule has 3 N–H and O–H groups in total. The van der Waals surface area contributed by atoms with Gasteiger partial charge in [-0.15, -0.1) is 0 Å². The van der Waals surface area contributed by atoms with Gasteiger partial charge in [-0.3, -0.25) is 14.3 Å². The molecule has 0 aliphatic rings. The number of urea groups is 1. The highest BCUT2D eigenvalue weighted by atomic mass is 16.4. The number of nitrogens with zero attached hydrogens (tertiary/aromatic N) is 3. The number of nitrogens with one attached hydrogen (secondary N) is 2. The van der Waals surface area contributed by atoms with Gasteiger partial charge in [-0.25, -0.2) is 4.79 Å². The van der Waals surface area contributed by atoms with Crippen molar-refractivity contribution in [2.24, 2.45) is 0 Å². The quantitative estimate of drug-likeness (QED) is 0.655. The molecule has 0 aromatic carbocycles. The predicted octanol–water partition coefficient (Wildman–Crippen LogP) is -0.432. The molecular weight excluding hydrogens is 266 g/mol. The molecule has 0 radical (unpaired) electrons. The Morgan fingerprint density at radius 3 is 2.70 bits per heavy atom. The van der Waals surface area contributed by atoms with Crippen LogP contribution in [0.4, 0.5) is 10.5 Å². The summed E-state index contributed by atoms with van der Waals surface area (Å²) in [6, 6.07) is -0.480. The van der Waals surface area contributed by atoms with Gasteiger partial charge < -0.3 is 20.6 Å². The molecule has 0 spiro atoms. The molecule has 0 aliphatic heterocycles. The Balaban J connectivity index is 2.33. The van der Waals surface area contributed by atoms with Gasteiger partial charge in [0.25, 0.3) is 0 Å². The SMILES string of the molecule is CN(C)C(=O)CCNC(=O)Nc1cnn(CC(=O)O)c1. The second kappa shape index (κ2) is 7.12. The van der Waals surface area contributed by atoms with Crippen LogP contribution in [-0.2, 0) is 16.1 Å². The molecule has 0 bridgehead atoms. The first-order chi connectivity index (χ1) is 9.38. The average Bonchev–Trinajstić information content (AvgIpc) is 2.75. The summed E-state index contributed by atoms with van der Waals surface area (Å²) in [7, 11) is 3.28. The molecule has 0 aliphatic carbocycles. The normalized spacial score (nSPS) is 9.90. The summed E-state index contributed by atoms with van der Waals surface area (Å²) in [6.07, 6.45) is 2.95. The van der Waals surface area contributed by atoms with Crippen molar-refractivity contribution in [1.29, 1.82) is 0 Å². The third-order valence-corrected chi connectivity index (χ3v) is 2.31. The molecule has 1 rings (SSSR count). The van der Waals surface area contributed by atoms with Crippen LogP contribution in [0.1, 0.15) is 6.42 Å². The number of aliphatic carboxylic acids is 1. The lowest BCUT2D eigenvalue weighted by Gasteiger charge is -2.10. The molecule has 0 unspecified atom stereocenters. The zero-order valence-corrected chi connectivity index (χ0v) is 11.3. The number of anilines is 1. The number of hydrogen-bond donors (Lipinski definition) is 3. The minimum absolute atomic E-state index is 0.0837. The predicted molar refractivity (Wildman–Crippen MR) is 70.2 cm³/mol. The first-order valence-corrected chi connectivity index (χ1v) is 5.87. The minimum Gasteiger partial charge on any atom is -0.480 e. The molecule has 110 valence electrons. The van der Waals surface area contributed by atoms with Gasteiger partial charge >= 0.3 is 12.0 Å². The van der Waals surface area contributed by atoms with Crippen molar-refractivity contribution in [2.45, 2.75) is 13.0 Å². The Hall–Kier alpha value is -2.58. The van der Waals surface area contributed by atoms with Crippen LogP contribution in [0.25, 0.3) is 0 Å². The maximum absolute atomic E-state index is 11.5. The number of carboxylic acids is 1. The van der Waals surface area contributed by atoms with E-state index in [9.17, 15) is 14.4 Å². The van der Waals surface area contributed by atoms with E-state index in [0.717, 1.165) is 0 Å². The van der Waals surface area contributed by atoms with E-state index in [1.807, 2.05) is 0 Å². The second-order valence-corrected chi connectivity index (χ2v) is 4.24. The molecule has 0 saturated carbocycles. The van der Waals surface area contributed by atoms with Crippen LogP contribution in [0.5, 0.6) is 0 Å². The number of aromatic nitrogens is 2. The molecule has 1 aromatic heterocycles. The summed E-state index contributed by atoms with van der Waals surface area (Å²) in [5.74, 6) is -1.11. The topological polar surface area (TPSA) is 117 Å². The number of carbonyl (C=O) groups excluding carboxylic acids is 2. The van der Waals surface area contributed by atoms with E-state index in [1.54, 1.807) is 14.1 Å². The third-order valence-electron chi connectivity index (χ3n) is 2.31. The summed E-state index contributed by atoms with van der Waals surface area (Å²) in [4.78, 5) is 34.7. The fraction of sp³-hybridized carbons (Fsp3) is 0.455. The third kappa shape index (κ3) is 5.38. The minimum atomic E-state index is -1.02. The molecule has 0 fully saturated rings. The fourth-order valence-corrected chi connectivity index (χ4v) is 1.34. The molecule has 1 heterocycles. The lowest BCUT2D eigenvalue weighted by molar-refractivity contribution is -0.138. The fourth-order valence-electron chi connectivity index (χ4n) is 1.34. The van der Waals surface area contributed by atoms with Gasteiger partial charge in [0.15, 0.2) is 0 Å². The van der Waals surface area contributed by atoms with Crippen molar-refractivity contribution in [2.75, 3.05) is 26.0 Å². The van der Waals surface area contributed by atoms with Crippen LogP contribution in [0.15, 0.2) is 12.4 Å². The highest BCUT2D eigenvalue weighted by Crippen LogP contribution is 2.04. The molecule has 9 nitrogen and oxygen atoms in total. The van der Waals surface area contributed by atoms with E-state index in [0.29, 0.717) is 5.69 Å². The first kappa shape index (κ1) is 15.5. The van der Waals surface area contributed by atoms with Crippen LogP contribution in [0, 0.1) is 0 Å². The van der Waals surface area contributed by atoms with Gasteiger partial charge in [0.05, 0.1) is 11.9 Å². The van der Waals surface area contributed by atoms with Crippen LogP contribution < -0.4 is 10.6 Å². The van der Waals surface area contributed by atoms with Gasteiger partial charge in [-0.2, -0.15) is 5.10 Å². The lowest BCUT2D eigenvalue weighted by Crippen LogP contribution is -2.32. The smallest absolute Gasteiger partial charge is 0.325 e. The van der Waals surface area contributed by atoms with Gasteiger partial charge in [-0.05, 0) is 0 Å². The number of carbonyl (C=O) groups is 3. The van der Waals surface area contributed by atoms with Crippen molar-refractivity contribution in [3.05, 3.63) is 12.4 Å². The monoisotopic (exact) mass is 283 g/mol. The summed E-state index contributed by atoms with van der Waals surface area (Å²) in [5.41, 5.74) is 0.377. The number of hydrogen-bond acceptors (Lipinski definition) is 4. The molecule has 20 heavy (non-hydrogen) atoms. The van der Waals surface area contributed by atoms with Crippen molar-refractivity contribution >= 4 is 23.6 Å². The summed E-state index contributed by atoms with van der Waals surface area (Å²) in [5, 5.41) is 17.4. The van der Waals surface area contributed by atoms with Crippen molar-refractivity contribution in [3.63, 3.8) is 0 Å². The number of amides is 3. The van der Waals surface area contributed by atoms with Crippen molar-refractivity contribution in [3.8, 4) is 0 Å². The zero-order valence-electron chi connectivity index (χ0n) is 11.3. The van der Waals surface area contributed by atoms with Gasteiger partial charge in [0, 0.05) is 33.3 Å². The molecule has 0 atom stereocenters. The van der Waals surface area contributed by atoms with Crippen molar-refractivity contribution in [1.82, 2.24) is 20.0 Å². The molecule has 3 amide bonds. The molecule has 1 aromatic rings. The first-order valence-electron chi connectivity index (χ1n) is 5.87. The Labute approximate surface area is 115 Å². The van der Waals surface area contributed by atoms with E-state index < -0.39 is 12.0 Å². The Morgan fingerprint density at radius 2 is 2.10 bits per heavy atom. The van der Waals surface area contributed by atoms with Gasteiger partial charge in [-0.1, -0.05) is 0 Å². The van der Waals surface area contributed by atoms with Crippen LogP contribution in [-0.4, -0.2) is 58.3 Å². The van der Waals surface area contributed by atoms with Crippen LogP contribution >= 0.6 is 0 Å². The van der Waals surface area contributed by atoms with E-state index >= 15 is 0 Å². The Bertz CT molecular complexity index is 497.